The summed E-state index contributed by atoms with van der Waals surface area (Å²) in [6.07, 6.45) is 2.40. The lowest BCUT2D eigenvalue weighted by atomic mass is 9.76. The lowest BCUT2D eigenvalue weighted by Crippen LogP contribution is -2.39. The molecule has 2 nitrogen and oxygen atoms in total. The van der Waals surface area contributed by atoms with Gasteiger partial charge in [0.2, 0.25) is 0 Å². The number of nitrogens with zero attached hydrogens (tertiary/aromatic N) is 1. The molecule has 0 amide bonds. The van der Waals surface area contributed by atoms with E-state index in [9.17, 15) is 0 Å². The number of hydrogen-bond donors (Lipinski definition) is 1. The minimum Gasteiger partial charge on any atom is -0.308 e. The van der Waals surface area contributed by atoms with Crippen molar-refractivity contribution in [3.8, 4) is 0 Å². The molecular weight excluding hydrogens is 264 g/mol. The van der Waals surface area contributed by atoms with Gasteiger partial charge in [0.15, 0.2) is 0 Å². The fraction of sp³-hybridized carbons (Fsp3) is 0.357. The van der Waals surface area contributed by atoms with Crippen LogP contribution in [0.2, 0.25) is 5.02 Å². The minimum atomic E-state index is 0.621. The average Bonchev–Trinajstić information content (AvgIpc) is 2.80. The van der Waals surface area contributed by atoms with Crippen molar-refractivity contribution >= 4 is 22.9 Å². The number of nitrogens with one attached hydrogen (secondary N) is 1. The molecule has 0 atom stereocenters. The summed E-state index contributed by atoms with van der Waals surface area (Å²) in [5.41, 5.74) is 4.40. The van der Waals surface area contributed by atoms with Crippen molar-refractivity contribution in [2.24, 2.45) is 0 Å². The third kappa shape index (κ3) is 2.74. The molecule has 0 unspecified atom stereocenters. The van der Waals surface area contributed by atoms with E-state index in [1.54, 1.807) is 11.3 Å². The zero-order valence-corrected chi connectivity index (χ0v) is 11.5. The van der Waals surface area contributed by atoms with Gasteiger partial charge in [0.1, 0.15) is 0 Å². The van der Waals surface area contributed by atoms with Crippen molar-refractivity contribution in [2.75, 3.05) is 0 Å². The van der Waals surface area contributed by atoms with Crippen molar-refractivity contribution in [3.63, 3.8) is 0 Å². The van der Waals surface area contributed by atoms with Crippen LogP contribution < -0.4 is 5.32 Å². The molecule has 18 heavy (non-hydrogen) atoms. The zero-order valence-electron chi connectivity index (χ0n) is 9.97. The molecule has 1 fully saturated rings. The third-order valence-electron chi connectivity index (χ3n) is 3.51. The summed E-state index contributed by atoms with van der Waals surface area (Å²) in [6, 6.07) is 8.85. The summed E-state index contributed by atoms with van der Waals surface area (Å²) >= 11 is 7.66. The molecule has 1 aliphatic carbocycles. The van der Waals surface area contributed by atoms with Gasteiger partial charge in [-0.2, -0.15) is 0 Å². The molecule has 1 aliphatic rings. The van der Waals surface area contributed by atoms with Gasteiger partial charge < -0.3 is 5.32 Å². The second-order valence-corrected chi connectivity index (χ2v) is 5.94. The Kier molecular flexibility index (Phi) is 3.64. The quantitative estimate of drug-likeness (QED) is 0.919. The minimum absolute atomic E-state index is 0.621. The highest BCUT2D eigenvalue weighted by Crippen LogP contribution is 2.37. The van der Waals surface area contributed by atoms with Crippen LogP contribution in [0.5, 0.6) is 0 Å². The van der Waals surface area contributed by atoms with E-state index >= 15 is 0 Å². The van der Waals surface area contributed by atoms with Crippen LogP contribution in [0.25, 0.3) is 0 Å². The van der Waals surface area contributed by atoms with Crippen LogP contribution in [0.1, 0.15) is 30.0 Å². The zero-order chi connectivity index (χ0) is 12.4. The van der Waals surface area contributed by atoms with Crippen LogP contribution in [0.15, 0.2) is 35.2 Å². The Hall–Kier alpha value is -0.900. The number of halogens is 1. The van der Waals surface area contributed by atoms with Crippen molar-refractivity contribution in [2.45, 2.75) is 31.3 Å². The van der Waals surface area contributed by atoms with E-state index in [4.69, 9.17) is 11.6 Å². The van der Waals surface area contributed by atoms with E-state index in [-0.39, 0.29) is 0 Å². The Labute approximate surface area is 116 Å². The molecule has 1 saturated carbocycles. The lowest BCUT2D eigenvalue weighted by molar-refractivity contribution is 0.289. The van der Waals surface area contributed by atoms with E-state index in [0.717, 1.165) is 17.3 Å². The average molecular weight is 279 g/mol. The smallest absolute Gasteiger partial charge is 0.0795 e. The first kappa shape index (κ1) is 12.2. The standard InChI is InChI=1S/C14H15ClN2S/c15-12-3-1-2-10(4-12)11-5-13(6-11)16-7-14-8-18-9-17-14/h1-4,8-9,11,13,16H,5-7H2. The molecular formula is C14H15ClN2S. The van der Waals surface area contributed by atoms with Gasteiger partial charge in [-0.25, -0.2) is 4.98 Å². The maximum absolute atomic E-state index is 6.01. The summed E-state index contributed by atoms with van der Waals surface area (Å²) < 4.78 is 0. The summed E-state index contributed by atoms with van der Waals surface area (Å²) in [5, 5.41) is 6.48. The Bertz CT molecular complexity index is 506. The van der Waals surface area contributed by atoms with E-state index in [1.807, 2.05) is 17.6 Å². The molecule has 0 bridgehead atoms. The van der Waals surface area contributed by atoms with Gasteiger partial charge >= 0.3 is 0 Å². The van der Waals surface area contributed by atoms with Crippen LogP contribution in [-0.4, -0.2) is 11.0 Å². The van der Waals surface area contributed by atoms with Gasteiger partial charge in [0.25, 0.3) is 0 Å². The molecule has 2 aromatic rings. The largest absolute Gasteiger partial charge is 0.308 e. The van der Waals surface area contributed by atoms with Crippen molar-refractivity contribution < 1.29 is 0 Å². The topological polar surface area (TPSA) is 24.9 Å². The molecule has 0 aliphatic heterocycles. The van der Waals surface area contributed by atoms with Gasteiger partial charge in [-0.15, -0.1) is 11.3 Å². The number of aromatic nitrogens is 1. The van der Waals surface area contributed by atoms with Gasteiger partial charge in [0, 0.05) is 23.0 Å². The van der Waals surface area contributed by atoms with Crippen LogP contribution in [0.4, 0.5) is 0 Å². The summed E-state index contributed by atoms with van der Waals surface area (Å²) in [5.74, 6) is 0.664. The second kappa shape index (κ2) is 5.39. The third-order valence-corrected chi connectivity index (χ3v) is 4.38. The Balaban J connectivity index is 1.48. The number of hydrogen-bond acceptors (Lipinski definition) is 3. The van der Waals surface area contributed by atoms with Crippen molar-refractivity contribution in [3.05, 3.63) is 51.4 Å². The summed E-state index contributed by atoms with van der Waals surface area (Å²) in [6.45, 7) is 0.885. The van der Waals surface area contributed by atoms with Crippen molar-refractivity contribution in [1.29, 1.82) is 0 Å². The van der Waals surface area contributed by atoms with E-state index < -0.39 is 0 Å². The van der Waals surface area contributed by atoms with E-state index in [0.29, 0.717) is 12.0 Å². The first-order valence-electron chi connectivity index (χ1n) is 6.17. The molecule has 0 radical (unpaired) electrons. The fourth-order valence-electron chi connectivity index (χ4n) is 2.39. The molecule has 1 aromatic heterocycles. The highest BCUT2D eigenvalue weighted by Gasteiger charge is 2.29. The summed E-state index contributed by atoms with van der Waals surface area (Å²) in [4.78, 5) is 4.27. The molecule has 3 rings (SSSR count). The highest BCUT2D eigenvalue weighted by atomic mass is 35.5. The predicted octanol–water partition coefficient (Wildman–Crippen LogP) is 3.83. The molecule has 94 valence electrons. The predicted molar refractivity (Wildman–Crippen MR) is 76.2 cm³/mol. The van der Waals surface area contributed by atoms with Crippen molar-refractivity contribution in [1.82, 2.24) is 10.3 Å². The normalized spacial score (nSPS) is 22.7. The van der Waals surface area contributed by atoms with Gasteiger partial charge in [-0.1, -0.05) is 23.7 Å². The van der Waals surface area contributed by atoms with Gasteiger partial charge in [-0.05, 0) is 36.5 Å². The second-order valence-electron chi connectivity index (χ2n) is 4.78. The molecule has 1 heterocycles. The van der Waals surface area contributed by atoms with Gasteiger partial charge in [-0.3, -0.25) is 0 Å². The lowest BCUT2D eigenvalue weighted by Gasteiger charge is -2.36. The van der Waals surface area contributed by atoms with E-state index in [2.05, 4.69) is 27.8 Å². The highest BCUT2D eigenvalue weighted by molar-refractivity contribution is 7.07. The molecule has 0 saturated heterocycles. The Morgan fingerprint density at radius 2 is 2.28 bits per heavy atom. The maximum atomic E-state index is 6.01. The maximum Gasteiger partial charge on any atom is 0.0795 e. The number of thiazole rings is 1. The SMILES string of the molecule is Clc1cccc(C2CC(NCc3cscn3)C2)c1. The number of rotatable bonds is 4. The molecule has 0 spiro atoms. The monoisotopic (exact) mass is 278 g/mol. The Morgan fingerprint density at radius 1 is 1.39 bits per heavy atom. The number of benzene rings is 1. The van der Waals surface area contributed by atoms with E-state index in [1.165, 1.54) is 18.4 Å². The van der Waals surface area contributed by atoms with Crippen LogP contribution in [0, 0.1) is 0 Å². The first-order valence-corrected chi connectivity index (χ1v) is 7.49. The molecule has 1 aromatic carbocycles. The summed E-state index contributed by atoms with van der Waals surface area (Å²) in [7, 11) is 0. The van der Waals surface area contributed by atoms with Crippen LogP contribution in [0.3, 0.4) is 0 Å². The van der Waals surface area contributed by atoms with Crippen LogP contribution in [-0.2, 0) is 6.54 Å². The fourth-order valence-corrected chi connectivity index (χ4v) is 3.15. The van der Waals surface area contributed by atoms with Crippen LogP contribution >= 0.6 is 22.9 Å². The van der Waals surface area contributed by atoms with Gasteiger partial charge in [0.05, 0.1) is 11.2 Å². The molecule has 1 N–H and O–H groups in total. The first-order chi connectivity index (χ1) is 8.81. The molecule has 4 heteroatoms. The Morgan fingerprint density at radius 3 is 3.00 bits per heavy atom.